The van der Waals surface area contributed by atoms with Gasteiger partial charge >= 0.3 is 0 Å². The van der Waals surface area contributed by atoms with Crippen LogP contribution >= 0.6 is 0 Å². The van der Waals surface area contributed by atoms with Gasteiger partial charge in [0.2, 0.25) is 0 Å². The maximum atomic E-state index is 5.57. The molecule has 0 saturated carbocycles. The van der Waals surface area contributed by atoms with Gasteiger partial charge in [-0.25, -0.2) is 0 Å². The maximum absolute atomic E-state index is 5.57. The Morgan fingerprint density at radius 1 is 0.810 bits per heavy atom. The zero-order valence-corrected chi connectivity index (χ0v) is 13.7. The van der Waals surface area contributed by atoms with E-state index in [9.17, 15) is 0 Å². The van der Waals surface area contributed by atoms with Gasteiger partial charge < -0.3 is 18.9 Å². The summed E-state index contributed by atoms with van der Waals surface area (Å²) in [4.78, 5) is 0. The van der Waals surface area contributed by atoms with Gasteiger partial charge in [-0.05, 0) is 16.5 Å². The van der Waals surface area contributed by atoms with Crippen LogP contribution < -0.4 is 0 Å². The molecule has 0 atom stereocenters. The van der Waals surface area contributed by atoms with Gasteiger partial charge in [0, 0.05) is 7.11 Å². The lowest BCUT2D eigenvalue weighted by Crippen LogP contribution is -2.11. The molecule has 0 radical (unpaired) electrons. The number of methoxy groups -OCH3 is 1. The molecule has 0 amide bonds. The SMILES string of the molecule is COCCOCOCCOCc1ccc(C(C)(C)C)cc1. The molecular weight excluding hydrogens is 268 g/mol. The Morgan fingerprint density at radius 3 is 1.95 bits per heavy atom. The summed E-state index contributed by atoms with van der Waals surface area (Å²) in [5.74, 6) is 0. The standard InChI is InChI=1S/C17H28O4/c1-17(2,3)16-7-5-15(6-8-16)13-19-11-12-21-14-20-10-9-18-4/h5-8H,9-14H2,1-4H3. The number of hydrogen-bond donors (Lipinski definition) is 0. The molecule has 0 bridgehead atoms. The fraction of sp³-hybridized carbons (Fsp3) is 0.647. The first-order valence-corrected chi connectivity index (χ1v) is 7.35. The van der Waals surface area contributed by atoms with E-state index in [1.54, 1.807) is 7.11 Å². The van der Waals surface area contributed by atoms with Crippen molar-refractivity contribution in [1.82, 2.24) is 0 Å². The summed E-state index contributed by atoms with van der Waals surface area (Å²) in [6.45, 7) is 9.77. The molecule has 120 valence electrons. The first kappa shape index (κ1) is 18.1. The van der Waals surface area contributed by atoms with Crippen LogP contribution in [0, 0.1) is 0 Å². The second kappa shape index (κ2) is 9.90. The van der Waals surface area contributed by atoms with Crippen LogP contribution in [0.1, 0.15) is 31.9 Å². The monoisotopic (exact) mass is 296 g/mol. The van der Waals surface area contributed by atoms with E-state index in [1.165, 1.54) is 11.1 Å². The molecule has 0 fully saturated rings. The van der Waals surface area contributed by atoms with Crippen molar-refractivity contribution in [3.8, 4) is 0 Å². The predicted molar refractivity (Wildman–Crippen MR) is 83.4 cm³/mol. The molecule has 0 N–H and O–H groups in total. The molecule has 4 nitrogen and oxygen atoms in total. The van der Waals surface area contributed by atoms with Crippen molar-refractivity contribution in [2.24, 2.45) is 0 Å². The van der Waals surface area contributed by atoms with Crippen LogP contribution in [0.25, 0.3) is 0 Å². The molecule has 0 aliphatic carbocycles. The lowest BCUT2D eigenvalue weighted by atomic mass is 9.87. The number of hydrogen-bond acceptors (Lipinski definition) is 4. The number of benzene rings is 1. The summed E-state index contributed by atoms with van der Waals surface area (Å²) in [7, 11) is 1.64. The van der Waals surface area contributed by atoms with Crippen molar-refractivity contribution in [2.45, 2.75) is 32.8 Å². The topological polar surface area (TPSA) is 36.9 Å². The fourth-order valence-electron chi connectivity index (χ4n) is 1.73. The average molecular weight is 296 g/mol. The fourth-order valence-corrected chi connectivity index (χ4v) is 1.73. The third-order valence-electron chi connectivity index (χ3n) is 3.06. The zero-order chi connectivity index (χ0) is 15.6. The van der Waals surface area contributed by atoms with Crippen molar-refractivity contribution in [3.63, 3.8) is 0 Å². The normalized spacial score (nSPS) is 11.8. The summed E-state index contributed by atoms with van der Waals surface area (Å²) in [6, 6.07) is 8.57. The first-order chi connectivity index (χ1) is 10.0. The smallest absolute Gasteiger partial charge is 0.146 e. The minimum atomic E-state index is 0.191. The van der Waals surface area contributed by atoms with E-state index >= 15 is 0 Å². The van der Waals surface area contributed by atoms with Crippen molar-refractivity contribution in [1.29, 1.82) is 0 Å². The molecule has 0 heterocycles. The summed E-state index contributed by atoms with van der Waals surface area (Å²) in [5.41, 5.74) is 2.71. The van der Waals surface area contributed by atoms with E-state index < -0.39 is 0 Å². The van der Waals surface area contributed by atoms with Gasteiger partial charge in [0.1, 0.15) is 6.79 Å². The van der Waals surface area contributed by atoms with Gasteiger partial charge in [0.25, 0.3) is 0 Å². The van der Waals surface area contributed by atoms with E-state index in [2.05, 4.69) is 45.0 Å². The van der Waals surface area contributed by atoms with Gasteiger partial charge in [-0.3, -0.25) is 0 Å². The van der Waals surface area contributed by atoms with Gasteiger partial charge in [0.15, 0.2) is 0 Å². The molecule has 1 aromatic rings. The molecule has 1 rings (SSSR count). The third-order valence-corrected chi connectivity index (χ3v) is 3.06. The maximum Gasteiger partial charge on any atom is 0.146 e. The Kier molecular flexibility index (Phi) is 8.54. The molecule has 4 heteroatoms. The van der Waals surface area contributed by atoms with E-state index in [0.717, 1.165) is 0 Å². The summed E-state index contributed by atoms with van der Waals surface area (Å²) >= 11 is 0. The molecule has 0 unspecified atom stereocenters. The molecule has 0 saturated heterocycles. The van der Waals surface area contributed by atoms with Crippen molar-refractivity contribution >= 4 is 0 Å². The highest BCUT2D eigenvalue weighted by Gasteiger charge is 2.12. The second-order valence-corrected chi connectivity index (χ2v) is 5.93. The summed E-state index contributed by atoms with van der Waals surface area (Å²) in [6.07, 6.45) is 0. The van der Waals surface area contributed by atoms with Crippen LogP contribution in [0.4, 0.5) is 0 Å². The first-order valence-electron chi connectivity index (χ1n) is 7.35. The largest absolute Gasteiger partial charge is 0.382 e. The molecular formula is C17H28O4. The summed E-state index contributed by atoms with van der Waals surface area (Å²) in [5, 5.41) is 0. The summed E-state index contributed by atoms with van der Waals surface area (Å²) < 4.78 is 20.9. The Morgan fingerprint density at radius 2 is 1.38 bits per heavy atom. The number of ether oxygens (including phenoxy) is 4. The molecule has 21 heavy (non-hydrogen) atoms. The molecule has 0 spiro atoms. The Bertz CT molecular complexity index is 367. The van der Waals surface area contributed by atoms with Gasteiger partial charge in [-0.2, -0.15) is 0 Å². The van der Waals surface area contributed by atoms with Crippen LogP contribution in [0.3, 0.4) is 0 Å². The molecule has 0 aliphatic rings. The van der Waals surface area contributed by atoms with E-state index in [-0.39, 0.29) is 12.2 Å². The highest BCUT2D eigenvalue weighted by molar-refractivity contribution is 5.27. The van der Waals surface area contributed by atoms with Crippen LogP contribution in [0.5, 0.6) is 0 Å². The third kappa shape index (κ3) is 8.17. The minimum Gasteiger partial charge on any atom is -0.382 e. The molecule has 0 aliphatic heterocycles. The lowest BCUT2D eigenvalue weighted by Gasteiger charge is -2.19. The Hall–Kier alpha value is -0.940. The number of rotatable bonds is 10. The van der Waals surface area contributed by atoms with Gasteiger partial charge in [-0.15, -0.1) is 0 Å². The second-order valence-electron chi connectivity index (χ2n) is 5.93. The van der Waals surface area contributed by atoms with Crippen LogP contribution in [0.2, 0.25) is 0 Å². The lowest BCUT2D eigenvalue weighted by molar-refractivity contribution is -0.0797. The Labute approximate surface area is 128 Å². The Balaban J connectivity index is 2.08. The average Bonchev–Trinajstić information content (AvgIpc) is 2.45. The minimum absolute atomic E-state index is 0.191. The van der Waals surface area contributed by atoms with Crippen molar-refractivity contribution in [3.05, 3.63) is 35.4 Å². The van der Waals surface area contributed by atoms with Crippen molar-refractivity contribution < 1.29 is 18.9 Å². The molecule has 0 aromatic heterocycles. The highest BCUT2D eigenvalue weighted by atomic mass is 16.7. The van der Waals surface area contributed by atoms with Crippen molar-refractivity contribution in [2.75, 3.05) is 40.3 Å². The van der Waals surface area contributed by atoms with Crippen LogP contribution in [-0.2, 0) is 31.0 Å². The highest BCUT2D eigenvalue weighted by Crippen LogP contribution is 2.22. The quantitative estimate of drug-likeness (QED) is 0.491. The van der Waals surface area contributed by atoms with E-state index in [0.29, 0.717) is 33.0 Å². The van der Waals surface area contributed by atoms with E-state index in [4.69, 9.17) is 18.9 Å². The van der Waals surface area contributed by atoms with Gasteiger partial charge in [0.05, 0.1) is 33.0 Å². The predicted octanol–water partition coefficient (Wildman–Crippen LogP) is 3.14. The van der Waals surface area contributed by atoms with Crippen LogP contribution in [-0.4, -0.2) is 40.3 Å². The van der Waals surface area contributed by atoms with Crippen LogP contribution in [0.15, 0.2) is 24.3 Å². The zero-order valence-electron chi connectivity index (χ0n) is 13.7. The van der Waals surface area contributed by atoms with Gasteiger partial charge in [-0.1, -0.05) is 45.0 Å². The molecule has 1 aromatic carbocycles. The van der Waals surface area contributed by atoms with E-state index in [1.807, 2.05) is 0 Å².